The van der Waals surface area contributed by atoms with Crippen LogP contribution in [0.3, 0.4) is 0 Å². The van der Waals surface area contributed by atoms with Gasteiger partial charge in [0.05, 0.1) is 18.7 Å². The lowest BCUT2D eigenvalue weighted by Gasteiger charge is -2.45. The van der Waals surface area contributed by atoms with Crippen molar-refractivity contribution < 1.29 is 9.22 Å². The highest BCUT2D eigenvalue weighted by Gasteiger charge is 2.49. The number of fused-ring (bicyclic) bond motifs is 1. The van der Waals surface area contributed by atoms with Gasteiger partial charge in [-0.05, 0) is 29.1 Å². The number of hydrogen-bond acceptors (Lipinski definition) is 3. The molecule has 4 heteroatoms. The third-order valence-corrected chi connectivity index (χ3v) is 11.5. The first-order valence-corrected chi connectivity index (χ1v) is 10.6. The summed E-state index contributed by atoms with van der Waals surface area (Å²) in [5.41, 5.74) is 1.84. The molecule has 2 aliphatic rings. The van der Waals surface area contributed by atoms with Gasteiger partial charge in [-0.3, -0.25) is 9.69 Å². The fraction of sp³-hybridized carbons (Fsp3) is 0.824. The number of carbonyl (C=O) groups is 1. The number of ketones is 1. The Morgan fingerprint density at radius 2 is 1.71 bits per heavy atom. The van der Waals surface area contributed by atoms with E-state index >= 15 is 0 Å². The van der Waals surface area contributed by atoms with Crippen molar-refractivity contribution in [3.05, 3.63) is 12.2 Å². The summed E-state index contributed by atoms with van der Waals surface area (Å²) >= 11 is 0. The smallest absolute Gasteiger partial charge is 0.200 e. The van der Waals surface area contributed by atoms with Gasteiger partial charge in [0.25, 0.3) is 0 Å². The Bertz CT molecular complexity index is 395. The molecule has 3 nitrogen and oxygen atoms in total. The van der Waals surface area contributed by atoms with Gasteiger partial charge in [-0.1, -0.05) is 47.6 Å². The van der Waals surface area contributed by atoms with Crippen LogP contribution in [0.25, 0.3) is 0 Å². The average Bonchev–Trinajstić information content (AvgIpc) is 2.76. The molecule has 0 saturated carbocycles. The average molecular weight is 310 g/mol. The van der Waals surface area contributed by atoms with Crippen molar-refractivity contribution in [2.24, 2.45) is 0 Å². The van der Waals surface area contributed by atoms with Crippen LogP contribution in [0.1, 0.15) is 48.0 Å². The molecule has 21 heavy (non-hydrogen) atoms. The highest BCUT2D eigenvalue weighted by molar-refractivity contribution is 6.77. The first-order valence-electron chi connectivity index (χ1n) is 8.42. The molecule has 0 aromatic rings. The number of rotatable bonds is 5. The molecule has 2 atom stereocenters. The Kier molecular flexibility index (Phi) is 5.11. The standard InChI is InChI=1S/C17H31NO2Si/c1-12(2)21(13(3)4,14(5)6)20-17-9-10-18-11-15(19)7-8-16(17)18/h7-8,12-14,16-17H,9-11H2,1-6H3/t16-,17+/m0/s1. The van der Waals surface area contributed by atoms with Crippen molar-refractivity contribution in [2.75, 3.05) is 13.1 Å². The largest absolute Gasteiger partial charge is 0.411 e. The van der Waals surface area contributed by atoms with Crippen LogP contribution in [0.15, 0.2) is 12.2 Å². The van der Waals surface area contributed by atoms with E-state index in [1.165, 1.54) is 0 Å². The molecule has 0 bridgehead atoms. The molecule has 0 aliphatic carbocycles. The second-order valence-electron chi connectivity index (χ2n) is 7.55. The Morgan fingerprint density at radius 3 is 2.24 bits per heavy atom. The van der Waals surface area contributed by atoms with E-state index in [0.29, 0.717) is 29.2 Å². The highest BCUT2D eigenvalue weighted by atomic mass is 28.4. The molecular formula is C17H31NO2Si. The summed E-state index contributed by atoms with van der Waals surface area (Å²) in [7, 11) is -1.83. The van der Waals surface area contributed by atoms with Crippen molar-refractivity contribution in [1.29, 1.82) is 0 Å². The van der Waals surface area contributed by atoms with Crippen molar-refractivity contribution in [3.63, 3.8) is 0 Å². The summed E-state index contributed by atoms with van der Waals surface area (Å²) in [6.45, 7) is 15.6. The number of hydrogen-bond donors (Lipinski definition) is 0. The Balaban J connectivity index is 2.22. The molecule has 120 valence electrons. The van der Waals surface area contributed by atoms with Gasteiger partial charge in [0, 0.05) is 6.54 Å². The van der Waals surface area contributed by atoms with E-state index in [4.69, 9.17) is 4.43 Å². The van der Waals surface area contributed by atoms with E-state index in [0.717, 1.165) is 13.0 Å². The Hall–Kier alpha value is -0.453. The quantitative estimate of drug-likeness (QED) is 0.724. The van der Waals surface area contributed by atoms with E-state index in [2.05, 4.69) is 52.5 Å². The van der Waals surface area contributed by atoms with E-state index in [1.54, 1.807) is 6.08 Å². The maximum absolute atomic E-state index is 11.6. The minimum absolute atomic E-state index is 0.229. The van der Waals surface area contributed by atoms with E-state index in [9.17, 15) is 4.79 Å². The number of nitrogens with zero attached hydrogens (tertiary/aromatic N) is 1. The molecule has 0 unspecified atom stereocenters. The van der Waals surface area contributed by atoms with Crippen molar-refractivity contribution in [2.45, 2.75) is 76.7 Å². The molecule has 0 spiro atoms. The fourth-order valence-corrected chi connectivity index (χ4v) is 10.1. The van der Waals surface area contributed by atoms with Crippen LogP contribution >= 0.6 is 0 Å². The van der Waals surface area contributed by atoms with Gasteiger partial charge in [0.15, 0.2) is 5.78 Å². The van der Waals surface area contributed by atoms with Gasteiger partial charge in [-0.2, -0.15) is 0 Å². The molecule has 0 aromatic carbocycles. The van der Waals surface area contributed by atoms with Crippen LogP contribution in [0.4, 0.5) is 0 Å². The zero-order valence-electron chi connectivity index (χ0n) is 14.4. The van der Waals surface area contributed by atoms with Gasteiger partial charge in [-0.25, -0.2) is 0 Å². The maximum atomic E-state index is 11.6. The molecule has 0 N–H and O–H groups in total. The molecule has 1 fully saturated rings. The van der Waals surface area contributed by atoms with Crippen LogP contribution in [0.2, 0.25) is 16.6 Å². The van der Waals surface area contributed by atoms with Crippen LogP contribution < -0.4 is 0 Å². The van der Waals surface area contributed by atoms with Crippen molar-refractivity contribution in [1.82, 2.24) is 4.90 Å². The fourth-order valence-electron chi connectivity index (χ4n) is 4.54. The van der Waals surface area contributed by atoms with Gasteiger partial charge >= 0.3 is 0 Å². The Labute approximate surface area is 130 Å². The van der Waals surface area contributed by atoms with Crippen molar-refractivity contribution >= 4 is 14.1 Å². The van der Waals surface area contributed by atoms with Gasteiger partial charge in [0.2, 0.25) is 8.32 Å². The van der Waals surface area contributed by atoms with E-state index < -0.39 is 8.32 Å². The zero-order chi connectivity index (χ0) is 15.8. The molecule has 0 aromatic heterocycles. The summed E-state index contributed by atoms with van der Waals surface area (Å²) in [5, 5.41) is 0. The topological polar surface area (TPSA) is 29.5 Å². The molecular weight excluding hydrogens is 278 g/mol. The predicted octanol–water partition coefficient (Wildman–Crippen LogP) is 3.76. The lowest BCUT2D eigenvalue weighted by Crippen LogP contribution is -2.52. The van der Waals surface area contributed by atoms with E-state index in [-0.39, 0.29) is 11.9 Å². The van der Waals surface area contributed by atoms with Crippen molar-refractivity contribution in [3.8, 4) is 0 Å². The summed E-state index contributed by atoms with van der Waals surface area (Å²) in [6, 6.07) is 0.311. The van der Waals surface area contributed by atoms with Crippen LogP contribution in [0.5, 0.6) is 0 Å². The lowest BCUT2D eigenvalue weighted by molar-refractivity contribution is -0.116. The third-order valence-electron chi connectivity index (χ3n) is 5.40. The summed E-state index contributed by atoms with van der Waals surface area (Å²) in [4.78, 5) is 13.8. The molecule has 0 amide bonds. The van der Waals surface area contributed by atoms with Gasteiger partial charge in [-0.15, -0.1) is 0 Å². The number of carbonyl (C=O) groups excluding carboxylic acids is 1. The second-order valence-corrected chi connectivity index (χ2v) is 13.0. The monoisotopic (exact) mass is 309 g/mol. The normalized spacial score (nSPS) is 27.2. The minimum Gasteiger partial charge on any atom is -0.411 e. The zero-order valence-corrected chi connectivity index (χ0v) is 15.4. The first kappa shape index (κ1) is 16.9. The molecule has 2 rings (SSSR count). The molecule has 1 saturated heterocycles. The first-order chi connectivity index (χ1) is 9.79. The lowest BCUT2D eigenvalue weighted by atomic mass is 10.1. The molecule has 2 aliphatic heterocycles. The van der Waals surface area contributed by atoms with Gasteiger partial charge in [0.1, 0.15) is 0 Å². The highest BCUT2D eigenvalue weighted by Crippen LogP contribution is 2.44. The predicted molar refractivity (Wildman–Crippen MR) is 90.0 cm³/mol. The summed E-state index contributed by atoms with van der Waals surface area (Å²) in [6.07, 6.45) is 5.16. The Morgan fingerprint density at radius 1 is 1.14 bits per heavy atom. The van der Waals surface area contributed by atoms with Crippen LogP contribution in [0, 0.1) is 0 Å². The van der Waals surface area contributed by atoms with Gasteiger partial charge < -0.3 is 4.43 Å². The minimum atomic E-state index is -1.83. The molecule has 0 radical (unpaired) electrons. The maximum Gasteiger partial charge on any atom is 0.200 e. The third kappa shape index (κ3) is 3.03. The SMILES string of the molecule is CC(C)[Si](O[C@@H]1CCN2CC(=O)C=C[C@@H]12)(C(C)C)C(C)C. The van der Waals surface area contributed by atoms with Crippen LogP contribution in [-0.2, 0) is 9.22 Å². The van der Waals surface area contributed by atoms with E-state index in [1.807, 2.05) is 0 Å². The summed E-state index contributed by atoms with van der Waals surface area (Å²) in [5.74, 6) is 0.229. The van der Waals surface area contributed by atoms with Crippen LogP contribution in [-0.4, -0.2) is 44.2 Å². The summed E-state index contributed by atoms with van der Waals surface area (Å²) < 4.78 is 6.92. The molecule has 2 heterocycles. The second kappa shape index (κ2) is 6.35.